The maximum absolute atomic E-state index is 13.4. The number of aromatic nitrogens is 1. The quantitative estimate of drug-likeness (QED) is 0.303. The summed E-state index contributed by atoms with van der Waals surface area (Å²) in [4.78, 5) is 18.0. The molecule has 1 aromatic carbocycles. The van der Waals surface area contributed by atoms with Crippen molar-refractivity contribution in [2.45, 2.75) is 62.9 Å². The van der Waals surface area contributed by atoms with Crippen molar-refractivity contribution in [1.29, 1.82) is 0 Å². The van der Waals surface area contributed by atoms with E-state index >= 15 is 0 Å². The third kappa shape index (κ3) is 7.84. The summed E-state index contributed by atoms with van der Waals surface area (Å²) in [6, 6.07) is 6.49. The van der Waals surface area contributed by atoms with Gasteiger partial charge in [0.05, 0.1) is 35.9 Å². The molecule has 2 aromatic rings. The van der Waals surface area contributed by atoms with Crippen molar-refractivity contribution in [2.24, 2.45) is 5.92 Å². The number of thiazole rings is 1. The molecule has 0 bridgehead atoms. The van der Waals surface area contributed by atoms with Gasteiger partial charge in [-0.2, -0.15) is 0 Å². The molecule has 1 aromatic heterocycles. The van der Waals surface area contributed by atoms with Crippen molar-refractivity contribution in [3.63, 3.8) is 0 Å². The van der Waals surface area contributed by atoms with E-state index in [4.69, 9.17) is 20.6 Å². The molecule has 35 heavy (non-hydrogen) atoms. The normalized spacial score (nSPS) is 15.9. The van der Waals surface area contributed by atoms with Gasteiger partial charge in [0.2, 0.25) is 5.91 Å². The second-order valence-electron chi connectivity index (χ2n) is 8.61. The summed E-state index contributed by atoms with van der Waals surface area (Å²) in [6.45, 7) is 3.91. The van der Waals surface area contributed by atoms with Gasteiger partial charge in [0.15, 0.2) is 15.0 Å². The highest BCUT2D eigenvalue weighted by Crippen LogP contribution is 2.52. The molecule has 1 aliphatic rings. The zero-order valence-electron chi connectivity index (χ0n) is 20.2. The predicted octanol–water partition coefficient (Wildman–Crippen LogP) is 6.27. The molecule has 1 atom stereocenters. The fourth-order valence-corrected chi connectivity index (χ4v) is 7.81. The van der Waals surface area contributed by atoms with E-state index in [1.54, 1.807) is 26.0 Å². The molecule has 1 N–H and O–H groups in total. The Kier molecular flexibility index (Phi) is 9.94. The van der Waals surface area contributed by atoms with Crippen LogP contribution in [-0.4, -0.2) is 38.8 Å². The summed E-state index contributed by atoms with van der Waals surface area (Å²) >= 11 is 7.44. The van der Waals surface area contributed by atoms with Crippen LogP contribution in [0, 0.1) is 5.92 Å². The molecule has 12 heteroatoms. The number of rotatable bonds is 12. The van der Waals surface area contributed by atoms with Crippen LogP contribution in [0.2, 0.25) is 4.34 Å². The molecule has 0 unspecified atom stereocenters. The first-order chi connectivity index (χ1) is 16.5. The molecule has 8 nitrogen and oxygen atoms in total. The maximum atomic E-state index is 13.4. The van der Waals surface area contributed by atoms with Gasteiger partial charge in [-0.05, 0) is 43.9 Å². The van der Waals surface area contributed by atoms with Gasteiger partial charge >= 0.3 is 7.60 Å². The third-order valence-corrected chi connectivity index (χ3v) is 10.3. The SMILES string of the molecule is CCOP(=O)(Cc1nc(NC(=O)[C@H](CC2CCCC2)c2ccc(S(C)(=O)=O)cc2)sc1Cl)OCC. The van der Waals surface area contributed by atoms with E-state index in [0.29, 0.717) is 27.5 Å². The molecule has 1 saturated carbocycles. The highest BCUT2D eigenvalue weighted by molar-refractivity contribution is 7.90. The molecule has 1 fully saturated rings. The highest BCUT2D eigenvalue weighted by atomic mass is 35.5. The lowest BCUT2D eigenvalue weighted by molar-refractivity contribution is -0.118. The van der Waals surface area contributed by atoms with E-state index in [-0.39, 0.29) is 30.2 Å². The number of benzene rings is 1. The Bertz CT molecular complexity index is 1150. The van der Waals surface area contributed by atoms with E-state index in [1.807, 2.05) is 0 Å². The lowest BCUT2D eigenvalue weighted by Crippen LogP contribution is -2.23. The lowest BCUT2D eigenvalue weighted by Gasteiger charge is -2.20. The summed E-state index contributed by atoms with van der Waals surface area (Å²) in [5.74, 6) is -0.270. The van der Waals surface area contributed by atoms with Crippen LogP contribution in [0.25, 0.3) is 0 Å². The van der Waals surface area contributed by atoms with Crippen molar-refractivity contribution >= 4 is 51.4 Å². The summed E-state index contributed by atoms with van der Waals surface area (Å²) in [5, 5.41) is 3.17. The van der Waals surface area contributed by atoms with E-state index < -0.39 is 23.4 Å². The summed E-state index contributed by atoms with van der Waals surface area (Å²) < 4.78 is 47.5. The molecular formula is C23H32ClN2O6PS2. The van der Waals surface area contributed by atoms with Crippen molar-refractivity contribution in [2.75, 3.05) is 24.8 Å². The van der Waals surface area contributed by atoms with E-state index in [0.717, 1.165) is 48.8 Å². The van der Waals surface area contributed by atoms with Crippen LogP contribution >= 0.6 is 30.5 Å². The molecule has 0 aliphatic heterocycles. The number of hydrogen-bond acceptors (Lipinski definition) is 8. The van der Waals surface area contributed by atoms with Gasteiger partial charge in [-0.15, -0.1) is 0 Å². The average Bonchev–Trinajstić information content (AvgIpc) is 3.41. The van der Waals surface area contributed by atoms with Crippen LogP contribution in [-0.2, 0) is 34.4 Å². The van der Waals surface area contributed by atoms with Crippen molar-refractivity contribution in [3.8, 4) is 0 Å². The van der Waals surface area contributed by atoms with Gasteiger partial charge in [0, 0.05) is 6.26 Å². The van der Waals surface area contributed by atoms with Crippen molar-refractivity contribution < 1.29 is 26.8 Å². The number of hydrogen-bond donors (Lipinski definition) is 1. The fraction of sp³-hybridized carbons (Fsp3) is 0.565. The molecule has 1 aliphatic carbocycles. The van der Waals surface area contributed by atoms with E-state index in [2.05, 4.69) is 10.3 Å². The Balaban J connectivity index is 1.81. The van der Waals surface area contributed by atoms with Gasteiger partial charge in [0.1, 0.15) is 4.34 Å². The number of sulfone groups is 1. The molecule has 3 rings (SSSR count). The van der Waals surface area contributed by atoms with Crippen LogP contribution in [0.3, 0.4) is 0 Å². The number of nitrogens with one attached hydrogen (secondary N) is 1. The number of carbonyl (C=O) groups is 1. The van der Waals surface area contributed by atoms with Gasteiger partial charge in [-0.25, -0.2) is 13.4 Å². The minimum absolute atomic E-state index is 0.0850. The molecule has 194 valence electrons. The van der Waals surface area contributed by atoms with Crippen LogP contribution in [0.15, 0.2) is 29.2 Å². The fourth-order valence-electron chi connectivity index (χ4n) is 4.30. The predicted molar refractivity (Wildman–Crippen MR) is 139 cm³/mol. The lowest BCUT2D eigenvalue weighted by atomic mass is 9.87. The number of halogens is 1. The van der Waals surface area contributed by atoms with Gasteiger partial charge in [-0.3, -0.25) is 9.36 Å². The van der Waals surface area contributed by atoms with Crippen LogP contribution in [0.4, 0.5) is 5.13 Å². The smallest absolute Gasteiger partial charge is 0.309 e. The Hall–Kier alpha value is -1.29. The first-order valence-electron chi connectivity index (χ1n) is 11.7. The molecule has 1 heterocycles. The maximum Gasteiger partial charge on any atom is 0.336 e. The van der Waals surface area contributed by atoms with Crippen LogP contribution in [0.1, 0.15) is 63.1 Å². The van der Waals surface area contributed by atoms with Gasteiger partial charge in [-0.1, -0.05) is 60.8 Å². The monoisotopic (exact) mass is 562 g/mol. The second-order valence-corrected chi connectivity index (χ2v) is 14.3. The van der Waals surface area contributed by atoms with Crippen LogP contribution in [0.5, 0.6) is 0 Å². The van der Waals surface area contributed by atoms with Gasteiger partial charge < -0.3 is 14.4 Å². The second kappa shape index (κ2) is 12.3. The highest BCUT2D eigenvalue weighted by Gasteiger charge is 2.30. The molecule has 1 amide bonds. The molecule has 0 saturated heterocycles. The Labute approximate surface area is 216 Å². The number of carbonyl (C=O) groups excluding carboxylic acids is 1. The number of anilines is 1. The zero-order chi connectivity index (χ0) is 25.6. The average molecular weight is 563 g/mol. The zero-order valence-corrected chi connectivity index (χ0v) is 23.4. The molecule has 0 spiro atoms. The van der Waals surface area contributed by atoms with Crippen molar-refractivity contribution in [3.05, 3.63) is 39.9 Å². The van der Waals surface area contributed by atoms with Crippen molar-refractivity contribution in [1.82, 2.24) is 4.98 Å². The Morgan fingerprint density at radius 3 is 2.34 bits per heavy atom. The number of amides is 1. The molecule has 0 radical (unpaired) electrons. The Morgan fingerprint density at radius 1 is 1.20 bits per heavy atom. The van der Waals surface area contributed by atoms with E-state index in [9.17, 15) is 17.8 Å². The largest absolute Gasteiger partial charge is 0.336 e. The first-order valence-corrected chi connectivity index (χ1v) is 16.5. The summed E-state index contributed by atoms with van der Waals surface area (Å²) in [6.07, 6.45) is 6.18. The minimum atomic E-state index is -3.40. The first kappa shape index (κ1) is 28.3. The molecular weight excluding hydrogens is 531 g/mol. The summed E-state index contributed by atoms with van der Waals surface area (Å²) in [7, 11) is -6.73. The van der Waals surface area contributed by atoms with Gasteiger partial charge in [0.25, 0.3) is 0 Å². The Morgan fingerprint density at radius 2 is 1.80 bits per heavy atom. The summed E-state index contributed by atoms with van der Waals surface area (Å²) in [5.41, 5.74) is 1.10. The standard InChI is InChI=1S/C23H32ClN2O6PS2/c1-4-31-33(28,32-5-2)15-20-21(24)34-23(25-20)26-22(27)19(14-16-8-6-7-9-16)17-10-12-18(13-11-17)35(3,29)30/h10-13,16,19H,4-9,14-15H2,1-3H3,(H,25,26,27)/t19-/m1/s1. The third-order valence-electron chi connectivity index (χ3n) is 5.95. The topological polar surface area (TPSA) is 112 Å². The van der Waals surface area contributed by atoms with E-state index in [1.165, 1.54) is 12.1 Å². The minimum Gasteiger partial charge on any atom is -0.309 e. The van der Waals surface area contributed by atoms with Crippen LogP contribution < -0.4 is 5.32 Å². The number of nitrogens with zero attached hydrogens (tertiary/aromatic N) is 1.